The minimum Gasteiger partial charge on any atom is -0.467 e. The maximum atomic E-state index is 13.2. The van der Waals surface area contributed by atoms with Crippen molar-refractivity contribution in [1.29, 1.82) is 0 Å². The van der Waals surface area contributed by atoms with Gasteiger partial charge >= 0.3 is 35.8 Å². The second kappa shape index (κ2) is 20.1. The first-order valence-corrected chi connectivity index (χ1v) is 18.5. The summed E-state index contributed by atoms with van der Waals surface area (Å²) in [5, 5.41) is 4.60. The van der Waals surface area contributed by atoms with Crippen LogP contribution >= 0.6 is 0 Å². The van der Waals surface area contributed by atoms with Crippen molar-refractivity contribution in [2.24, 2.45) is 0 Å². The minimum atomic E-state index is -1.91. The van der Waals surface area contributed by atoms with E-state index in [9.17, 15) is 33.6 Å². The summed E-state index contributed by atoms with van der Waals surface area (Å²) in [6.45, 7) is 4.71. The average molecular weight is 824 g/mol. The van der Waals surface area contributed by atoms with Crippen LogP contribution in [-0.2, 0) is 82.7 Å². The molecule has 10 atom stereocenters. The maximum absolute atomic E-state index is 13.2. The standard InChI is InChI=1S/C41H45NO17/c1-21(43)42-31-33(58-41-37(56-25(5)47)35(55-24(4)46)34(54-23(3)45)36(59-41)39(49)50-6)32(53-22(2)44)30(20-51-38(48)28-13-8-7-9-14-28)57-40(31)52-19-26-16-17-27-12-10-11-15-29(27)18-26/h7-18,30-37,40-41H,19-20H2,1-6H3,(H,42,43)/t30-,31-,32-,33-,34+,35+,36+,37-,40-,41-/m1/s1. The van der Waals surface area contributed by atoms with Crippen LogP contribution in [0.15, 0.2) is 72.8 Å². The predicted molar refractivity (Wildman–Crippen MR) is 199 cm³/mol. The van der Waals surface area contributed by atoms with Crippen LogP contribution in [0.1, 0.15) is 50.5 Å². The van der Waals surface area contributed by atoms with Gasteiger partial charge in [-0.25, -0.2) is 9.59 Å². The van der Waals surface area contributed by atoms with Crippen molar-refractivity contribution in [1.82, 2.24) is 5.32 Å². The molecule has 2 aliphatic heterocycles. The molecule has 3 aromatic rings. The average Bonchev–Trinajstić information content (AvgIpc) is 3.19. The maximum Gasteiger partial charge on any atom is 0.339 e. The first-order chi connectivity index (χ1) is 28.1. The van der Waals surface area contributed by atoms with E-state index in [0.717, 1.165) is 45.6 Å². The third kappa shape index (κ3) is 11.6. The Labute approximate surface area is 338 Å². The molecule has 2 fully saturated rings. The summed E-state index contributed by atoms with van der Waals surface area (Å²) in [7, 11) is 1.02. The van der Waals surface area contributed by atoms with Crippen molar-refractivity contribution >= 4 is 52.5 Å². The molecule has 18 heteroatoms. The molecule has 2 heterocycles. The second-order valence-corrected chi connectivity index (χ2v) is 13.6. The molecule has 0 spiro atoms. The molecule has 3 aromatic carbocycles. The van der Waals surface area contributed by atoms with E-state index in [1.54, 1.807) is 18.2 Å². The third-order valence-corrected chi connectivity index (χ3v) is 9.06. The van der Waals surface area contributed by atoms with Gasteiger partial charge in [0.25, 0.3) is 0 Å². The van der Waals surface area contributed by atoms with Crippen molar-refractivity contribution in [3.63, 3.8) is 0 Å². The Bertz CT molecular complexity index is 2010. The first-order valence-electron chi connectivity index (χ1n) is 18.5. The number of carbonyl (C=O) groups excluding carboxylic acids is 7. The summed E-state index contributed by atoms with van der Waals surface area (Å²) in [5.74, 6) is -6.13. The van der Waals surface area contributed by atoms with Gasteiger partial charge in [0.2, 0.25) is 5.91 Å². The zero-order valence-corrected chi connectivity index (χ0v) is 33.1. The van der Waals surface area contributed by atoms with Crippen molar-refractivity contribution < 1.29 is 80.9 Å². The zero-order valence-electron chi connectivity index (χ0n) is 33.1. The van der Waals surface area contributed by atoms with Crippen LogP contribution in [0.2, 0.25) is 0 Å². The summed E-state index contributed by atoms with van der Waals surface area (Å²) in [4.78, 5) is 89.3. The molecule has 316 valence electrons. The number of rotatable bonds is 14. The highest BCUT2D eigenvalue weighted by Crippen LogP contribution is 2.35. The van der Waals surface area contributed by atoms with E-state index in [2.05, 4.69) is 5.32 Å². The monoisotopic (exact) mass is 823 g/mol. The molecule has 0 bridgehead atoms. The molecule has 5 rings (SSSR count). The highest BCUT2D eigenvalue weighted by molar-refractivity contribution is 5.89. The molecule has 0 saturated carbocycles. The van der Waals surface area contributed by atoms with Gasteiger partial charge in [0.1, 0.15) is 24.9 Å². The lowest BCUT2D eigenvalue weighted by atomic mass is 9.94. The van der Waals surface area contributed by atoms with E-state index in [-0.39, 0.29) is 12.2 Å². The highest BCUT2D eigenvalue weighted by Gasteiger charge is 2.58. The molecule has 0 aromatic heterocycles. The van der Waals surface area contributed by atoms with Crippen LogP contribution < -0.4 is 5.32 Å². The van der Waals surface area contributed by atoms with E-state index in [0.29, 0.717) is 5.56 Å². The van der Waals surface area contributed by atoms with E-state index in [4.69, 9.17) is 47.4 Å². The Hall–Kier alpha value is -5.95. The van der Waals surface area contributed by atoms with Crippen molar-refractivity contribution in [3.05, 3.63) is 83.9 Å². The Morgan fingerprint density at radius 2 is 1.22 bits per heavy atom. The minimum absolute atomic E-state index is 0.0912. The fourth-order valence-corrected chi connectivity index (χ4v) is 6.73. The molecular formula is C41H45NO17. The zero-order chi connectivity index (χ0) is 42.8. The number of carbonyl (C=O) groups is 7. The van der Waals surface area contributed by atoms with Crippen molar-refractivity contribution in [3.8, 4) is 0 Å². The van der Waals surface area contributed by atoms with Gasteiger partial charge in [0.15, 0.2) is 43.1 Å². The van der Waals surface area contributed by atoms with Crippen LogP contribution in [0.5, 0.6) is 0 Å². The van der Waals surface area contributed by atoms with E-state index >= 15 is 0 Å². The van der Waals surface area contributed by atoms with Crippen LogP contribution in [-0.4, -0.2) is 117 Å². The van der Waals surface area contributed by atoms with E-state index < -0.39 is 110 Å². The van der Waals surface area contributed by atoms with E-state index in [1.165, 1.54) is 19.1 Å². The van der Waals surface area contributed by atoms with Gasteiger partial charge in [-0.15, -0.1) is 0 Å². The lowest BCUT2D eigenvalue weighted by molar-refractivity contribution is -0.343. The quantitative estimate of drug-likeness (QED) is 0.182. The molecule has 59 heavy (non-hydrogen) atoms. The number of hydrogen-bond donors (Lipinski definition) is 1. The number of benzene rings is 3. The Morgan fingerprint density at radius 3 is 1.85 bits per heavy atom. The number of hydrogen-bond acceptors (Lipinski definition) is 17. The smallest absolute Gasteiger partial charge is 0.339 e. The van der Waals surface area contributed by atoms with Gasteiger partial charge in [-0.05, 0) is 34.5 Å². The van der Waals surface area contributed by atoms with Gasteiger partial charge in [-0.3, -0.25) is 24.0 Å². The topological polar surface area (TPSA) is 224 Å². The van der Waals surface area contributed by atoms with Crippen LogP contribution in [0.4, 0.5) is 0 Å². The highest BCUT2D eigenvalue weighted by atomic mass is 16.8. The Morgan fingerprint density at radius 1 is 0.627 bits per heavy atom. The first kappa shape index (κ1) is 44.2. The fourth-order valence-electron chi connectivity index (χ4n) is 6.73. The molecule has 18 nitrogen and oxygen atoms in total. The molecule has 2 aliphatic rings. The van der Waals surface area contributed by atoms with Crippen LogP contribution in [0.3, 0.4) is 0 Å². The molecule has 1 amide bonds. The third-order valence-electron chi connectivity index (χ3n) is 9.06. The number of ether oxygens (including phenoxy) is 10. The van der Waals surface area contributed by atoms with Gasteiger partial charge in [-0.2, -0.15) is 0 Å². The number of amides is 1. The van der Waals surface area contributed by atoms with Gasteiger partial charge in [0, 0.05) is 34.6 Å². The lowest BCUT2D eigenvalue weighted by Crippen LogP contribution is -2.69. The number of methoxy groups -OCH3 is 1. The number of fused-ring (bicyclic) bond motifs is 1. The van der Waals surface area contributed by atoms with Crippen molar-refractivity contribution in [2.45, 2.75) is 103 Å². The number of nitrogens with one attached hydrogen (secondary N) is 1. The Kier molecular flexibility index (Phi) is 15.1. The summed E-state index contributed by atoms with van der Waals surface area (Å²) >= 11 is 0. The summed E-state index contributed by atoms with van der Waals surface area (Å²) in [6.07, 6.45) is -14.9. The molecular weight excluding hydrogens is 778 g/mol. The SMILES string of the molecule is COC(=O)[C@H]1O[C@@H](O[C@@H]2[C@@H](NC(C)=O)[C@H](OCc3ccc4ccccc4c3)O[C@H](COC(=O)c3ccccc3)[C@H]2OC(C)=O)[C@H](OC(C)=O)[C@@H](OC(C)=O)[C@@H]1OC(C)=O. The summed E-state index contributed by atoms with van der Waals surface area (Å²) in [6, 6.07) is 19.9. The normalized spacial score (nSPS) is 26.4. The molecule has 0 unspecified atom stereocenters. The summed E-state index contributed by atoms with van der Waals surface area (Å²) < 4.78 is 57.8. The largest absolute Gasteiger partial charge is 0.467 e. The lowest BCUT2D eigenvalue weighted by Gasteiger charge is -2.49. The second-order valence-electron chi connectivity index (χ2n) is 13.6. The van der Waals surface area contributed by atoms with E-state index in [1.807, 2.05) is 42.5 Å². The van der Waals surface area contributed by atoms with Gasteiger partial charge in [-0.1, -0.05) is 54.6 Å². The molecule has 2 saturated heterocycles. The van der Waals surface area contributed by atoms with Gasteiger partial charge in [0.05, 0.1) is 19.3 Å². The molecule has 0 radical (unpaired) electrons. The fraction of sp³-hybridized carbons (Fsp3) is 0.439. The summed E-state index contributed by atoms with van der Waals surface area (Å²) in [5.41, 5.74) is 0.903. The van der Waals surface area contributed by atoms with Crippen LogP contribution in [0, 0.1) is 0 Å². The molecule has 0 aliphatic carbocycles. The Balaban J connectivity index is 1.59. The molecule has 1 N–H and O–H groups in total. The number of esters is 6. The van der Waals surface area contributed by atoms with Crippen LogP contribution in [0.25, 0.3) is 10.8 Å². The van der Waals surface area contributed by atoms with Crippen molar-refractivity contribution in [2.75, 3.05) is 13.7 Å². The van der Waals surface area contributed by atoms with Gasteiger partial charge < -0.3 is 52.7 Å². The predicted octanol–water partition coefficient (Wildman–Crippen LogP) is 2.45.